The monoisotopic (exact) mass is 459 g/mol. The number of hydrogen-bond acceptors (Lipinski definition) is 7. The highest BCUT2D eigenvalue weighted by atomic mass is 32.1. The third-order valence-corrected chi connectivity index (χ3v) is 8.39. The van der Waals surface area contributed by atoms with E-state index >= 15 is 0 Å². The van der Waals surface area contributed by atoms with Crippen LogP contribution in [-0.2, 0) is 24.1 Å². The molecule has 3 aromatic heterocycles. The zero-order valence-corrected chi connectivity index (χ0v) is 20.3. The average Bonchev–Trinajstić information content (AvgIpc) is 3.33. The Morgan fingerprint density at radius 2 is 2.06 bits per heavy atom. The summed E-state index contributed by atoms with van der Waals surface area (Å²) < 4.78 is 1.49. The molecule has 1 aliphatic rings. The predicted octanol–water partition coefficient (Wildman–Crippen LogP) is 4.61. The van der Waals surface area contributed by atoms with Crippen LogP contribution in [0, 0.1) is 11.3 Å². The highest BCUT2D eigenvalue weighted by molar-refractivity contribution is 7.18. The fourth-order valence-corrected chi connectivity index (χ4v) is 6.22. The van der Waals surface area contributed by atoms with Crippen molar-refractivity contribution in [3.63, 3.8) is 0 Å². The lowest BCUT2D eigenvalue weighted by Crippen LogP contribution is -2.33. The first kappa shape index (κ1) is 22.1. The smallest absolute Gasteiger partial charge is 0.263 e. The van der Waals surface area contributed by atoms with Gasteiger partial charge in [0.25, 0.3) is 5.56 Å². The van der Waals surface area contributed by atoms with E-state index in [1.165, 1.54) is 27.1 Å². The fraction of sp³-hybridized carbons (Fsp3) is 0.591. The highest BCUT2D eigenvalue weighted by Crippen LogP contribution is 2.42. The van der Waals surface area contributed by atoms with E-state index in [0.29, 0.717) is 22.9 Å². The molecule has 0 saturated carbocycles. The molecule has 7 nitrogen and oxygen atoms in total. The molecule has 1 N–H and O–H groups in total. The minimum atomic E-state index is -0.639. The van der Waals surface area contributed by atoms with Gasteiger partial charge in [-0.05, 0) is 49.0 Å². The number of anilines is 1. The van der Waals surface area contributed by atoms with Crippen LogP contribution in [0.15, 0.2) is 11.1 Å². The number of nitrogens with zero attached hydrogens (tertiary/aromatic N) is 4. The van der Waals surface area contributed by atoms with Crippen molar-refractivity contribution >= 4 is 43.9 Å². The summed E-state index contributed by atoms with van der Waals surface area (Å²) in [6.07, 6.45) is 5.74. The molecule has 0 saturated heterocycles. The van der Waals surface area contributed by atoms with Gasteiger partial charge in [0.1, 0.15) is 15.9 Å². The van der Waals surface area contributed by atoms with Gasteiger partial charge < -0.3 is 0 Å². The van der Waals surface area contributed by atoms with Crippen LogP contribution in [0.5, 0.6) is 0 Å². The number of aromatic nitrogens is 4. The molecule has 1 amide bonds. The topological polar surface area (TPSA) is 89.8 Å². The number of fused-ring (bicyclic) bond motifs is 3. The number of thiophene rings is 1. The third kappa shape index (κ3) is 4.17. The molecular weight excluding hydrogens is 430 g/mol. The van der Waals surface area contributed by atoms with Crippen LogP contribution in [0.3, 0.4) is 0 Å². The number of amides is 1. The lowest BCUT2D eigenvalue weighted by molar-refractivity contribution is -0.119. The Labute approximate surface area is 189 Å². The van der Waals surface area contributed by atoms with Gasteiger partial charge in [0.15, 0.2) is 0 Å². The summed E-state index contributed by atoms with van der Waals surface area (Å²) in [7, 11) is 0. The molecule has 31 heavy (non-hydrogen) atoms. The van der Waals surface area contributed by atoms with Crippen LogP contribution in [0.4, 0.5) is 5.13 Å². The standard InChI is InChI=1S/C22H29N5O2S2/c1-6-14(18(28)24-21-26-25-16(7-2)31-21)27-11-23-19-17(20(27)29)13-9-8-12(22(3,4)5)10-15(13)30-19/h11-12,14H,6-10H2,1-5H3,(H,24,26,28). The van der Waals surface area contributed by atoms with E-state index in [1.54, 1.807) is 11.3 Å². The van der Waals surface area contributed by atoms with Gasteiger partial charge in [-0.1, -0.05) is 46.0 Å². The molecule has 9 heteroatoms. The summed E-state index contributed by atoms with van der Waals surface area (Å²) in [6.45, 7) is 10.7. The van der Waals surface area contributed by atoms with E-state index < -0.39 is 6.04 Å². The van der Waals surface area contributed by atoms with Gasteiger partial charge in [-0.15, -0.1) is 21.5 Å². The largest absolute Gasteiger partial charge is 0.299 e. The van der Waals surface area contributed by atoms with Crippen molar-refractivity contribution in [3.8, 4) is 0 Å². The highest BCUT2D eigenvalue weighted by Gasteiger charge is 2.32. The molecule has 2 unspecified atom stereocenters. The first-order valence-corrected chi connectivity index (χ1v) is 12.5. The maximum Gasteiger partial charge on any atom is 0.263 e. The van der Waals surface area contributed by atoms with Crippen molar-refractivity contribution in [2.75, 3.05) is 5.32 Å². The third-order valence-electron chi connectivity index (χ3n) is 6.24. The quantitative estimate of drug-likeness (QED) is 0.602. The van der Waals surface area contributed by atoms with Gasteiger partial charge in [-0.25, -0.2) is 4.98 Å². The predicted molar refractivity (Wildman–Crippen MR) is 126 cm³/mol. The first-order valence-electron chi connectivity index (χ1n) is 10.9. The van der Waals surface area contributed by atoms with E-state index in [-0.39, 0.29) is 16.9 Å². The van der Waals surface area contributed by atoms with E-state index in [1.807, 2.05) is 13.8 Å². The van der Waals surface area contributed by atoms with Crippen molar-refractivity contribution in [3.05, 3.63) is 32.1 Å². The molecule has 0 aromatic carbocycles. The molecule has 0 bridgehead atoms. The van der Waals surface area contributed by atoms with Gasteiger partial charge in [0.05, 0.1) is 11.7 Å². The molecule has 0 radical (unpaired) electrons. The van der Waals surface area contributed by atoms with Gasteiger partial charge in [0.2, 0.25) is 11.0 Å². The second kappa shape index (κ2) is 8.43. The van der Waals surface area contributed by atoms with E-state index in [2.05, 4.69) is 41.3 Å². The summed E-state index contributed by atoms with van der Waals surface area (Å²) in [4.78, 5) is 33.1. The number of nitrogens with one attached hydrogen (secondary N) is 1. The molecule has 2 atom stereocenters. The lowest BCUT2D eigenvalue weighted by atomic mass is 9.72. The zero-order valence-electron chi connectivity index (χ0n) is 18.7. The fourth-order valence-electron chi connectivity index (χ4n) is 4.28. The van der Waals surface area contributed by atoms with Gasteiger partial charge in [-0.2, -0.15) is 0 Å². The SMILES string of the molecule is CCc1nnc(NC(=O)C(CC)n2cnc3sc4c(c3c2=O)CCC(C(C)(C)C)C4)s1. The molecule has 0 spiro atoms. The van der Waals surface area contributed by atoms with Crippen LogP contribution in [0.1, 0.15) is 69.0 Å². The van der Waals surface area contributed by atoms with Crippen LogP contribution in [0.2, 0.25) is 0 Å². The Kier molecular flexibility index (Phi) is 6.00. The Balaban J connectivity index is 1.67. The number of carbonyl (C=O) groups excluding carboxylic acids is 1. The maximum atomic E-state index is 13.5. The van der Waals surface area contributed by atoms with Crippen molar-refractivity contribution < 1.29 is 4.79 Å². The Hall–Kier alpha value is -2.13. The summed E-state index contributed by atoms with van der Waals surface area (Å²) in [5.74, 6) is 0.339. The molecule has 166 valence electrons. The number of rotatable bonds is 5. The zero-order chi connectivity index (χ0) is 22.3. The van der Waals surface area contributed by atoms with E-state index in [4.69, 9.17) is 0 Å². The molecule has 1 aliphatic carbocycles. The number of carbonyl (C=O) groups is 1. The second-order valence-electron chi connectivity index (χ2n) is 9.21. The Bertz CT molecular complexity index is 1170. The maximum absolute atomic E-state index is 13.5. The Morgan fingerprint density at radius 1 is 1.29 bits per heavy atom. The summed E-state index contributed by atoms with van der Waals surface area (Å²) >= 11 is 2.99. The van der Waals surface area contributed by atoms with Crippen LogP contribution >= 0.6 is 22.7 Å². The molecule has 4 rings (SSSR count). The lowest BCUT2D eigenvalue weighted by Gasteiger charge is -2.33. The molecule has 0 fully saturated rings. The van der Waals surface area contributed by atoms with Crippen LogP contribution in [-0.4, -0.2) is 25.7 Å². The van der Waals surface area contributed by atoms with Gasteiger partial charge in [-0.3, -0.25) is 19.5 Å². The van der Waals surface area contributed by atoms with Gasteiger partial charge in [0, 0.05) is 4.88 Å². The summed E-state index contributed by atoms with van der Waals surface area (Å²) in [5, 5.41) is 12.9. The van der Waals surface area contributed by atoms with Crippen molar-refractivity contribution in [1.29, 1.82) is 0 Å². The van der Waals surface area contributed by atoms with Crippen LogP contribution in [0.25, 0.3) is 10.2 Å². The van der Waals surface area contributed by atoms with Crippen molar-refractivity contribution in [2.24, 2.45) is 11.3 Å². The molecular formula is C22H29N5O2S2. The van der Waals surface area contributed by atoms with E-state index in [0.717, 1.165) is 41.1 Å². The number of aryl methyl sites for hydroxylation is 2. The van der Waals surface area contributed by atoms with E-state index in [9.17, 15) is 9.59 Å². The van der Waals surface area contributed by atoms with Crippen molar-refractivity contribution in [2.45, 2.75) is 72.8 Å². The summed E-state index contributed by atoms with van der Waals surface area (Å²) in [5.41, 5.74) is 1.26. The second-order valence-corrected chi connectivity index (χ2v) is 11.4. The normalized spacial score (nSPS) is 17.5. The minimum Gasteiger partial charge on any atom is -0.299 e. The van der Waals surface area contributed by atoms with Gasteiger partial charge >= 0.3 is 0 Å². The van der Waals surface area contributed by atoms with Crippen molar-refractivity contribution in [1.82, 2.24) is 19.7 Å². The minimum absolute atomic E-state index is 0.120. The molecule has 0 aliphatic heterocycles. The average molecular weight is 460 g/mol. The molecule has 3 heterocycles. The molecule has 3 aromatic rings. The van der Waals surface area contributed by atoms with Crippen LogP contribution < -0.4 is 10.9 Å². The number of hydrogen-bond donors (Lipinski definition) is 1. The Morgan fingerprint density at radius 3 is 2.71 bits per heavy atom. The first-order chi connectivity index (χ1) is 14.7. The summed E-state index contributed by atoms with van der Waals surface area (Å²) in [6, 6.07) is -0.639.